The highest BCUT2D eigenvalue weighted by Gasteiger charge is 2.20. The van der Waals surface area contributed by atoms with Crippen LogP contribution >= 0.6 is 0 Å². The van der Waals surface area contributed by atoms with Crippen LogP contribution in [0.4, 0.5) is 0 Å². The standard InChI is InChI=1S/C17H18O4/c1-2-3-6-11-21-17(20)15-13-8-5-4-7-12(13)9-10-14(15)16(18)19/h4-5,7-10H,2-3,6,11H2,1H3,(H,18,19). The summed E-state index contributed by atoms with van der Waals surface area (Å²) in [5.74, 6) is -1.69. The number of unbranched alkanes of at least 4 members (excludes halogenated alkanes) is 2. The molecule has 0 aliphatic rings. The predicted octanol–water partition coefficient (Wildman–Crippen LogP) is 3.89. The van der Waals surface area contributed by atoms with Gasteiger partial charge in [0, 0.05) is 0 Å². The summed E-state index contributed by atoms with van der Waals surface area (Å²) in [6.45, 7) is 2.38. The molecule has 4 nitrogen and oxygen atoms in total. The summed E-state index contributed by atoms with van der Waals surface area (Å²) in [5.41, 5.74) is 0.117. The van der Waals surface area contributed by atoms with E-state index in [9.17, 15) is 14.7 Å². The number of rotatable bonds is 6. The lowest BCUT2D eigenvalue weighted by atomic mass is 9.99. The number of carboxylic acid groups (broad SMARTS) is 1. The zero-order valence-corrected chi connectivity index (χ0v) is 12.0. The van der Waals surface area contributed by atoms with E-state index in [1.807, 2.05) is 12.1 Å². The summed E-state index contributed by atoms with van der Waals surface area (Å²) in [6, 6.07) is 10.4. The van der Waals surface area contributed by atoms with Crippen molar-refractivity contribution in [3.63, 3.8) is 0 Å². The molecule has 0 unspecified atom stereocenters. The molecule has 1 N–H and O–H groups in total. The number of hydrogen-bond acceptors (Lipinski definition) is 3. The van der Waals surface area contributed by atoms with Crippen molar-refractivity contribution in [2.75, 3.05) is 6.61 Å². The van der Waals surface area contributed by atoms with Crippen LogP contribution in [-0.2, 0) is 4.74 Å². The van der Waals surface area contributed by atoms with Crippen molar-refractivity contribution >= 4 is 22.7 Å². The van der Waals surface area contributed by atoms with Gasteiger partial charge in [-0.2, -0.15) is 0 Å². The van der Waals surface area contributed by atoms with Crippen molar-refractivity contribution < 1.29 is 19.4 Å². The van der Waals surface area contributed by atoms with Crippen LogP contribution < -0.4 is 0 Å². The van der Waals surface area contributed by atoms with Gasteiger partial charge >= 0.3 is 11.9 Å². The Bertz CT molecular complexity index is 661. The Morgan fingerprint density at radius 1 is 1.10 bits per heavy atom. The van der Waals surface area contributed by atoms with Crippen LogP contribution in [0.25, 0.3) is 10.8 Å². The van der Waals surface area contributed by atoms with Crippen molar-refractivity contribution in [1.82, 2.24) is 0 Å². The molecule has 0 fully saturated rings. The number of aromatic carboxylic acids is 1. The normalized spacial score (nSPS) is 10.5. The molecule has 2 aromatic rings. The van der Waals surface area contributed by atoms with E-state index in [1.54, 1.807) is 18.2 Å². The molecule has 0 radical (unpaired) electrons. The van der Waals surface area contributed by atoms with Crippen LogP contribution in [0, 0.1) is 0 Å². The molecule has 0 aliphatic heterocycles. The summed E-state index contributed by atoms with van der Waals surface area (Å²) in [6.07, 6.45) is 2.80. The van der Waals surface area contributed by atoms with E-state index in [-0.39, 0.29) is 11.1 Å². The first kappa shape index (κ1) is 15.0. The lowest BCUT2D eigenvalue weighted by Crippen LogP contribution is -2.13. The third-order valence-electron chi connectivity index (χ3n) is 3.34. The molecule has 0 saturated heterocycles. The first-order valence-corrected chi connectivity index (χ1v) is 7.07. The fourth-order valence-electron chi connectivity index (χ4n) is 2.26. The molecule has 0 saturated carbocycles. The zero-order chi connectivity index (χ0) is 15.2. The molecule has 0 aromatic heterocycles. The van der Waals surface area contributed by atoms with Gasteiger partial charge in [-0.3, -0.25) is 0 Å². The Kier molecular flexibility index (Phi) is 4.93. The number of carbonyl (C=O) groups is 2. The van der Waals surface area contributed by atoms with Gasteiger partial charge < -0.3 is 9.84 Å². The van der Waals surface area contributed by atoms with E-state index < -0.39 is 11.9 Å². The smallest absolute Gasteiger partial charge is 0.339 e. The van der Waals surface area contributed by atoms with Gasteiger partial charge in [-0.15, -0.1) is 0 Å². The minimum atomic E-state index is -1.12. The Morgan fingerprint density at radius 2 is 1.86 bits per heavy atom. The SMILES string of the molecule is CCCCCOC(=O)c1c(C(=O)O)ccc2ccccc12. The average Bonchev–Trinajstić information content (AvgIpc) is 2.50. The van der Waals surface area contributed by atoms with Crippen LogP contribution in [0.15, 0.2) is 36.4 Å². The molecule has 0 atom stereocenters. The van der Waals surface area contributed by atoms with E-state index in [2.05, 4.69) is 6.92 Å². The molecule has 0 aliphatic carbocycles. The second kappa shape index (κ2) is 6.88. The maximum atomic E-state index is 12.3. The number of carboxylic acids is 1. The number of ether oxygens (including phenoxy) is 1. The number of benzene rings is 2. The van der Waals surface area contributed by atoms with Crippen molar-refractivity contribution in [3.05, 3.63) is 47.5 Å². The maximum Gasteiger partial charge on any atom is 0.339 e. The van der Waals surface area contributed by atoms with Gasteiger partial charge in [-0.1, -0.05) is 50.1 Å². The summed E-state index contributed by atoms with van der Waals surface area (Å²) in [4.78, 5) is 23.6. The van der Waals surface area contributed by atoms with Gasteiger partial charge in [0.05, 0.1) is 17.7 Å². The second-order valence-electron chi connectivity index (χ2n) is 4.86. The van der Waals surface area contributed by atoms with Crippen LogP contribution in [0.3, 0.4) is 0 Å². The van der Waals surface area contributed by atoms with Crippen molar-refractivity contribution in [3.8, 4) is 0 Å². The summed E-state index contributed by atoms with van der Waals surface area (Å²) >= 11 is 0. The Hall–Kier alpha value is -2.36. The molecule has 21 heavy (non-hydrogen) atoms. The molecular weight excluding hydrogens is 268 g/mol. The van der Waals surface area contributed by atoms with E-state index >= 15 is 0 Å². The lowest BCUT2D eigenvalue weighted by molar-refractivity contribution is 0.0490. The minimum Gasteiger partial charge on any atom is -0.478 e. The molecule has 4 heteroatoms. The van der Waals surface area contributed by atoms with Crippen molar-refractivity contribution in [2.45, 2.75) is 26.2 Å². The highest BCUT2D eigenvalue weighted by atomic mass is 16.5. The number of fused-ring (bicyclic) bond motifs is 1. The molecule has 110 valence electrons. The van der Waals surface area contributed by atoms with Gasteiger partial charge in [-0.25, -0.2) is 9.59 Å². The third kappa shape index (κ3) is 3.40. The van der Waals surface area contributed by atoms with Gasteiger partial charge in [0.2, 0.25) is 0 Å². The summed E-state index contributed by atoms with van der Waals surface area (Å²) < 4.78 is 5.23. The molecule has 2 rings (SSSR count). The van der Waals surface area contributed by atoms with E-state index in [1.165, 1.54) is 6.07 Å². The highest BCUT2D eigenvalue weighted by molar-refractivity contribution is 6.12. The van der Waals surface area contributed by atoms with Crippen molar-refractivity contribution in [1.29, 1.82) is 0 Å². The van der Waals surface area contributed by atoms with Gasteiger partial charge in [0.25, 0.3) is 0 Å². The van der Waals surface area contributed by atoms with E-state index in [0.29, 0.717) is 12.0 Å². The first-order chi connectivity index (χ1) is 10.1. The van der Waals surface area contributed by atoms with E-state index in [0.717, 1.165) is 24.6 Å². The summed E-state index contributed by atoms with van der Waals surface area (Å²) in [5, 5.41) is 10.7. The summed E-state index contributed by atoms with van der Waals surface area (Å²) in [7, 11) is 0. The Balaban J connectivity index is 2.37. The maximum absolute atomic E-state index is 12.3. The van der Waals surface area contributed by atoms with Gasteiger partial charge in [0.1, 0.15) is 0 Å². The second-order valence-corrected chi connectivity index (χ2v) is 4.86. The molecule has 2 aromatic carbocycles. The third-order valence-corrected chi connectivity index (χ3v) is 3.34. The lowest BCUT2D eigenvalue weighted by Gasteiger charge is -2.10. The fraction of sp³-hybridized carbons (Fsp3) is 0.294. The Labute approximate surface area is 123 Å². The fourth-order valence-corrected chi connectivity index (χ4v) is 2.26. The largest absolute Gasteiger partial charge is 0.478 e. The Morgan fingerprint density at radius 3 is 2.57 bits per heavy atom. The predicted molar refractivity (Wildman–Crippen MR) is 80.7 cm³/mol. The van der Waals surface area contributed by atoms with Crippen LogP contribution in [0.5, 0.6) is 0 Å². The molecule has 0 spiro atoms. The highest BCUT2D eigenvalue weighted by Crippen LogP contribution is 2.23. The molecule has 0 heterocycles. The molecule has 0 amide bonds. The zero-order valence-electron chi connectivity index (χ0n) is 12.0. The van der Waals surface area contributed by atoms with Crippen LogP contribution in [-0.4, -0.2) is 23.7 Å². The van der Waals surface area contributed by atoms with Gasteiger partial charge in [-0.05, 0) is 23.3 Å². The molecule has 0 bridgehead atoms. The monoisotopic (exact) mass is 286 g/mol. The number of hydrogen-bond donors (Lipinski definition) is 1. The van der Waals surface area contributed by atoms with Gasteiger partial charge in [0.15, 0.2) is 0 Å². The van der Waals surface area contributed by atoms with Crippen LogP contribution in [0.1, 0.15) is 46.9 Å². The number of carbonyl (C=O) groups excluding carboxylic acids is 1. The topological polar surface area (TPSA) is 63.6 Å². The van der Waals surface area contributed by atoms with Crippen LogP contribution in [0.2, 0.25) is 0 Å². The molecular formula is C17H18O4. The minimum absolute atomic E-state index is 0.0193. The number of esters is 1. The van der Waals surface area contributed by atoms with Crippen molar-refractivity contribution in [2.24, 2.45) is 0 Å². The van der Waals surface area contributed by atoms with E-state index in [4.69, 9.17) is 4.74 Å². The first-order valence-electron chi connectivity index (χ1n) is 7.07. The quantitative estimate of drug-likeness (QED) is 0.646. The average molecular weight is 286 g/mol.